The largest absolute Gasteiger partial charge is 0.371 e. The lowest BCUT2D eigenvalue weighted by atomic mass is 10.0. The molecule has 3 heteroatoms. The SMILES string of the molecule is CCCCCCCCCCCCCCCCCC(=O)NC(O)(CC)CCC. The molecule has 1 atom stereocenters. The maximum Gasteiger partial charge on any atom is 0.222 e. The van der Waals surface area contributed by atoms with Crippen LogP contribution in [-0.2, 0) is 4.79 Å². The van der Waals surface area contributed by atoms with Gasteiger partial charge in [0.25, 0.3) is 0 Å². The third kappa shape index (κ3) is 17.3. The standard InChI is InChI=1S/C24H49NO2/c1-4-7-8-9-10-11-12-13-14-15-16-17-18-19-20-21-23(26)25-24(27,6-3)22-5-2/h27H,4-22H2,1-3H3,(H,25,26). The monoisotopic (exact) mass is 383 g/mol. The minimum atomic E-state index is -0.999. The number of amides is 1. The van der Waals surface area contributed by atoms with E-state index < -0.39 is 5.72 Å². The molecule has 0 radical (unpaired) electrons. The van der Waals surface area contributed by atoms with Gasteiger partial charge in [-0.25, -0.2) is 0 Å². The van der Waals surface area contributed by atoms with Gasteiger partial charge in [0.2, 0.25) is 5.91 Å². The summed E-state index contributed by atoms with van der Waals surface area (Å²) in [4.78, 5) is 12.0. The van der Waals surface area contributed by atoms with E-state index in [1.54, 1.807) is 0 Å². The van der Waals surface area contributed by atoms with Crippen molar-refractivity contribution in [1.29, 1.82) is 0 Å². The molecule has 162 valence electrons. The van der Waals surface area contributed by atoms with E-state index in [1.165, 1.54) is 83.5 Å². The smallest absolute Gasteiger partial charge is 0.222 e. The van der Waals surface area contributed by atoms with Crippen LogP contribution in [0.4, 0.5) is 0 Å². The van der Waals surface area contributed by atoms with Gasteiger partial charge in [-0.2, -0.15) is 0 Å². The van der Waals surface area contributed by atoms with Crippen molar-refractivity contribution < 1.29 is 9.90 Å². The highest BCUT2D eigenvalue weighted by Crippen LogP contribution is 2.15. The van der Waals surface area contributed by atoms with Crippen molar-refractivity contribution in [3.63, 3.8) is 0 Å². The average Bonchev–Trinajstić information content (AvgIpc) is 2.65. The second-order valence-electron chi connectivity index (χ2n) is 8.38. The molecule has 0 spiro atoms. The molecule has 0 bridgehead atoms. The predicted molar refractivity (Wildman–Crippen MR) is 118 cm³/mol. The molecular weight excluding hydrogens is 334 g/mol. The van der Waals surface area contributed by atoms with Crippen molar-refractivity contribution in [1.82, 2.24) is 5.32 Å². The third-order valence-electron chi connectivity index (χ3n) is 5.63. The lowest BCUT2D eigenvalue weighted by Crippen LogP contribution is -2.47. The maximum absolute atomic E-state index is 12.0. The Bertz CT molecular complexity index is 332. The van der Waals surface area contributed by atoms with E-state index in [9.17, 15) is 9.90 Å². The molecule has 1 amide bonds. The molecule has 3 nitrogen and oxygen atoms in total. The van der Waals surface area contributed by atoms with E-state index in [0.717, 1.165) is 19.3 Å². The van der Waals surface area contributed by atoms with Crippen LogP contribution < -0.4 is 5.32 Å². The van der Waals surface area contributed by atoms with Crippen LogP contribution in [0.1, 0.15) is 143 Å². The molecule has 0 aliphatic rings. The lowest BCUT2D eigenvalue weighted by molar-refractivity contribution is -0.129. The molecule has 1 unspecified atom stereocenters. The highest BCUT2D eigenvalue weighted by molar-refractivity contribution is 5.76. The van der Waals surface area contributed by atoms with Crippen molar-refractivity contribution in [3.8, 4) is 0 Å². The zero-order valence-electron chi connectivity index (χ0n) is 18.8. The second kappa shape index (κ2) is 18.8. The molecule has 2 N–H and O–H groups in total. The molecule has 0 aromatic carbocycles. The van der Waals surface area contributed by atoms with Gasteiger partial charge in [0.05, 0.1) is 0 Å². The Morgan fingerprint density at radius 2 is 1.07 bits per heavy atom. The third-order valence-corrected chi connectivity index (χ3v) is 5.63. The van der Waals surface area contributed by atoms with Crippen LogP contribution in [0.5, 0.6) is 0 Å². The molecule has 0 aliphatic carbocycles. The van der Waals surface area contributed by atoms with Gasteiger partial charge in [-0.05, 0) is 19.3 Å². The molecule has 0 heterocycles. The Hall–Kier alpha value is -0.570. The molecule has 0 aromatic heterocycles. The van der Waals surface area contributed by atoms with Crippen LogP contribution >= 0.6 is 0 Å². The molecule has 0 rings (SSSR count). The Labute approximate surface area is 170 Å². The van der Waals surface area contributed by atoms with Crippen LogP contribution in [0.15, 0.2) is 0 Å². The number of carbonyl (C=O) groups is 1. The maximum atomic E-state index is 12.0. The number of hydrogen-bond acceptors (Lipinski definition) is 2. The van der Waals surface area contributed by atoms with Gasteiger partial charge in [0.1, 0.15) is 5.72 Å². The number of rotatable bonds is 20. The second-order valence-corrected chi connectivity index (χ2v) is 8.38. The molecule has 0 saturated heterocycles. The van der Waals surface area contributed by atoms with Crippen molar-refractivity contribution in [3.05, 3.63) is 0 Å². The van der Waals surface area contributed by atoms with Crippen LogP contribution in [0.3, 0.4) is 0 Å². The number of carbonyl (C=O) groups excluding carboxylic acids is 1. The number of hydrogen-bond donors (Lipinski definition) is 2. The first-order valence-electron chi connectivity index (χ1n) is 12.1. The van der Waals surface area contributed by atoms with Crippen molar-refractivity contribution in [2.24, 2.45) is 0 Å². The Morgan fingerprint density at radius 3 is 1.44 bits per heavy atom. The van der Waals surface area contributed by atoms with Crippen LogP contribution in [0, 0.1) is 0 Å². The van der Waals surface area contributed by atoms with Gasteiger partial charge < -0.3 is 10.4 Å². The lowest BCUT2D eigenvalue weighted by Gasteiger charge is -2.27. The van der Waals surface area contributed by atoms with E-state index >= 15 is 0 Å². The van der Waals surface area contributed by atoms with E-state index in [-0.39, 0.29) is 5.91 Å². The number of nitrogens with one attached hydrogen (secondary N) is 1. The van der Waals surface area contributed by atoms with Crippen molar-refractivity contribution in [2.45, 2.75) is 148 Å². The Morgan fingerprint density at radius 1 is 0.667 bits per heavy atom. The Balaban J connectivity index is 3.34. The minimum Gasteiger partial charge on any atom is -0.371 e. The van der Waals surface area contributed by atoms with Crippen LogP contribution in [0.25, 0.3) is 0 Å². The summed E-state index contributed by atoms with van der Waals surface area (Å²) in [5.41, 5.74) is -0.999. The number of aliphatic hydroxyl groups is 1. The highest BCUT2D eigenvalue weighted by Gasteiger charge is 2.24. The first-order chi connectivity index (χ1) is 13.1. The normalized spacial score (nSPS) is 13.5. The van der Waals surface area contributed by atoms with E-state index in [4.69, 9.17) is 0 Å². The molecule has 0 fully saturated rings. The fourth-order valence-corrected chi connectivity index (χ4v) is 3.72. The zero-order valence-corrected chi connectivity index (χ0v) is 18.8. The molecule has 0 saturated carbocycles. The summed E-state index contributed by atoms with van der Waals surface area (Å²) < 4.78 is 0. The summed E-state index contributed by atoms with van der Waals surface area (Å²) in [6, 6.07) is 0. The van der Waals surface area contributed by atoms with Gasteiger partial charge in [-0.3, -0.25) is 4.79 Å². The first-order valence-corrected chi connectivity index (χ1v) is 12.1. The Kier molecular flexibility index (Phi) is 18.4. The van der Waals surface area contributed by atoms with E-state index in [0.29, 0.717) is 19.3 Å². The van der Waals surface area contributed by atoms with Gasteiger partial charge in [-0.15, -0.1) is 0 Å². The summed E-state index contributed by atoms with van der Waals surface area (Å²) in [5, 5.41) is 13.1. The van der Waals surface area contributed by atoms with Crippen molar-refractivity contribution in [2.75, 3.05) is 0 Å². The summed E-state index contributed by atoms with van der Waals surface area (Å²) >= 11 is 0. The average molecular weight is 384 g/mol. The summed E-state index contributed by atoms with van der Waals surface area (Å²) in [6.07, 6.45) is 22.6. The van der Waals surface area contributed by atoms with Gasteiger partial charge >= 0.3 is 0 Å². The fraction of sp³-hybridized carbons (Fsp3) is 0.958. The van der Waals surface area contributed by atoms with Crippen molar-refractivity contribution >= 4 is 5.91 Å². The number of unbranched alkanes of at least 4 members (excludes halogenated alkanes) is 14. The molecule has 27 heavy (non-hydrogen) atoms. The van der Waals surface area contributed by atoms with Gasteiger partial charge in [0, 0.05) is 6.42 Å². The quantitative estimate of drug-likeness (QED) is 0.172. The zero-order chi connectivity index (χ0) is 20.2. The minimum absolute atomic E-state index is 0.00231. The molecule has 0 aromatic rings. The summed E-state index contributed by atoms with van der Waals surface area (Å²) in [6.45, 7) is 6.23. The molecular formula is C24H49NO2. The highest BCUT2D eigenvalue weighted by atomic mass is 16.3. The first kappa shape index (κ1) is 26.4. The van der Waals surface area contributed by atoms with E-state index in [1.807, 2.05) is 13.8 Å². The van der Waals surface area contributed by atoms with Gasteiger partial charge in [-0.1, -0.05) is 117 Å². The fourth-order valence-electron chi connectivity index (χ4n) is 3.72. The van der Waals surface area contributed by atoms with Gasteiger partial charge in [0.15, 0.2) is 0 Å². The summed E-state index contributed by atoms with van der Waals surface area (Å²) in [5.74, 6) is 0.00231. The summed E-state index contributed by atoms with van der Waals surface area (Å²) in [7, 11) is 0. The van der Waals surface area contributed by atoms with Crippen LogP contribution in [0.2, 0.25) is 0 Å². The molecule has 0 aliphatic heterocycles. The topological polar surface area (TPSA) is 49.3 Å². The predicted octanol–water partition coefficient (Wildman–Crippen LogP) is 7.26. The van der Waals surface area contributed by atoms with Crippen LogP contribution in [-0.4, -0.2) is 16.7 Å². The van der Waals surface area contributed by atoms with E-state index in [2.05, 4.69) is 12.2 Å².